The first-order valence-corrected chi connectivity index (χ1v) is 5.18. The van der Waals surface area contributed by atoms with Crippen LogP contribution in [0.5, 0.6) is 5.75 Å². The predicted octanol–water partition coefficient (Wildman–Crippen LogP) is 2.70. The largest absolute Gasteiger partial charge is 0.496 e. The lowest BCUT2D eigenvalue weighted by atomic mass is 10.1. The van der Waals surface area contributed by atoms with Crippen molar-refractivity contribution in [3.05, 3.63) is 28.3 Å². The van der Waals surface area contributed by atoms with Crippen LogP contribution in [0, 0.1) is 6.92 Å². The van der Waals surface area contributed by atoms with E-state index >= 15 is 0 Å². The fourth-order valence-electron chi connectivity index (χ4n) is 1.68. The molecule has 1 fully saturated rings. The molecule has 82 valence electrons. The molecule has 0 amide bonds. The number of halogens is 1. The monoisotopic (exact) mass is 228 g/mol. The molecule has 1 aliphatic rings. The van der Waals surface area contributed by atoms with Gasteiger partial charge in [0.2, 0.25) is 0 Å². The minimum absolute atomic E-state index is 0.323. The van der Waals surface area contributed by atoms with Gasteiger partial charge in [0.1, 0.15) is 5.75 Å². The van der Waals surface area contributed by atoms with E-state index in [4.69, 9.17) is 25.8 Å². The first-order valence-electron chi connectivity index (χ1n) is 4.80. The number of ether oxygens (including phenoxy) is 3. The lowest BCUT2D eigenvalue weighted by molar-refractivity contribution is -0.0455. The van der Waals surface area contributed by atoms with E-state index in [1.165, 1.54) is 0 Å². The van der Waals surface area contributed by atoms with Crippen LogP contribution in [0.25, 0.3) is 0 Å². The molecule has 1 saturated heterocycles. The van der Waals surface area contributed by atoms with Crippen LogP contribution in [0.3, 0.4) is 0 Å². The van der Waals surface area contributed by atoms with Crippen molar-refractivity contribution in [3.8, 4) is 5.75 Å². The molecule has 1 aromatic rings. The minimum atomic E-state index is -0.323. The van der Waals surface area contributed by atoms with E-state index in [9.17, 15) is 0 Å². The number of hydrogen-bond acceptors (Lipinski definition) is 3. The van der Waals surface area contributed by atoms with Gasteiger partial charge in [-0.2, -0.15) is 0 Å². The van der Waals surface area contributed by atoms with Crippen molar-refractivity contribution in [2.75, 3.05) is 20.3 Å². The predicted molar refractivity (Wildman–Crippen MR) is 57.4 cm³/mol. The molecule has 2 rings (SSSR count). The highest BCUT2D eigenvalue weighted by Gasteiger charge is 2.23. The van der Waals surface area contributed by atoms with Crippen LogP contribution in [0.1, 0.15) is 17.4 Å². The van der Waals surface area contributed by atoms with Crippen molar-refractivity contribution in [1.82, 2.24) is 0 Å². The maximum Gasteiger partial charge on any atom is 0.187 e. The first-order chi connectivity index (χ1) is 7.24. The number of rotatable bonds is 2. The van der Waals surface area contributed by atoms with Gasteiger partial charge in [-0.25, -0.2) is 0 Å². The summed E-state index contributed by atoms with van der Waals surface area (Å²) in [4.78, 5) is 0. The molecule has 0 unspecified atom stereocenters. The Morgan fingerprint density at radius 1 is 1.33 bits per heavy atom. The van der Waals surface area contributed by atoms with Crippen molar-refractivity contribution in [1.29, 1.82) is 0 Å². The Kier molecular flexibility index (Phi) is 3.14. The zero-order chi connectivity index (χ0) is 10.8. The smallest absolute Gasteiger partial charge is 0.187 e. The van der Waals surface area contributed by atoms with Crippen LogP contribution >= 0.6 is 11.6 Å². The van der Waals surface area contributed by atoms with E-state index < -0.39 is 0 Å². The van der Waals surface area contributed by atoms with E-state index in [2.05, 4.69) is 0 Å². The van der Waals surface area contributed by atoms with Crippen molar-refractivity contribution in [2.24, 2.45) is 0 Å². The van der Waals surface area contributed by atoms with E-state index in [0.717, 1.165) is 16.9 Å². The highest BCUT2D eigenvalue weighted by molar-refractivity contribution is 6.31. The van der Waals surface area contributed by atoms with Gasteiger partial charge in [0.25, 0.3) is 0 Å². The van der Waals surface area contributed by atoms with E-state index in [1.54, 1.807) is 7.11 Å². The summed E-state index contributed by atoms with van der Waals surface area (Å²) in [5, 5.41) is 0.689. The molecule has 1 aliphatic heterocycles. The third kappa shape index (κ3) is 1.95. The third-order valence-corrected chi connectivity index (χ3v) is 2.86. The molecule has 0 saturated carbocycles. The Hall–Kier alpha value is -0.770. The van der Waals surface area contributed by atoms with Gasteiger partial charge in [-0.3, -0.25) is 0 Å². The molecule has 0 aromatic heterocycles. The average molecular weight is 229 g/mol. The van der Waals surface area contributed by atoms with Crippen LogP contribution < -0.4 is 4.74 Å². The van der Waals surface area contributed by atoms with Crippen molar-refractivity contribution in [2.45, 2.75) is 13.2 Å². The molecule has 0 radical (unpaired) electrons. The van der Waals surface area contributed by atoms with E-state index in [0.29, 0.717) is 18.2 Å². The van der Waals surface area contributed by atoms with Gasteiger partial charge >= 0.3 is 0 Å². The summed E-state index contributed by atoms with van der Waals surface area (Å²) >= 11 is 6.01. The van der Waals surface area contributed by atoms with Gasteiger partial charge in [-0.1, -0.05) is 11.6 Å². The molecular formula is C11H13ClO3. The summed E-state index contributed by atoms with van der Waals surface area (Å²) in [6, 6.07) is 3.71. The molecule has 4 heteroatoms. The minimum Gasteiger partial charge on any atom is -0.496 e. The van der Waals surface area contributed by atoms with Gasteiger partial charge < -0.3 is 14.2 Å². The average Bonchev–Trinajstić information content (AvgIpc) is 2.75. The Labute approximate surface area is 93.9 Å². The Balaban J connectivity index is 2.41. The fraction of sp³-hybridized carbons (Fsp3) is 0.455. The van der Waals surface area contributed by atoms with Crippen LogP contribution in [-0.2, 0) is 9.47 Å². The molecule has 0 spiro atoms. The standard InChI is InChI=1S/C11H13ClO3/c1-7-9(12)4-3-8(10(7)13-2)11-14-5-6-15-11/h3-4,11H,5-6H2,1-2H3. The molecule has 1 aromatic carbocycles. The van der Waals surface area contributed by atoms with E-state index in [1.807, 2.05) is 19.1 Å². The quantitative estimate of drug-likeness (QED) is 0.779. The zero-order valence-corrected chi connectivity index (χ0v) is 9.50. The number of benzene rings is 1. The fourth-order valence-corrected chi connectivity index (χ4v) is 1.83. The third-order valence-electron chi connectivity index (χ3n) is 2.45. The first kappa shape index (κ1) is 10.7. The lowest BCUT2D eigenvalue weighted by Gasteiger charge is -2.16. The molecule has 0 atom stereocenters. The Morgan fingerprint density at radius 2 is 2.00 bits per heavy atom. The summed E-state index contributed by atoms with van der Waals surface area (Å²) < 4.78 is 16.2. The van der Waals surface area contributed by atoms with Gasteiger partial charge in [-0.05, 0) is 19.1 Å². The summed E-state index contributed by atoms with van der Waals surface area (Å²) in [6.45, 7) is 3.16. The maximum atomic E-state index is 6.01. The second-order valence-electron chi connectivity index (χ2n) is 3.37. The summed E-state index contributed by atoms with van der Waals surface area (Å²) in [5.41, 5.74) is 1.81. The van der Waals surface area contributed by atoms with E-state index in [-0.39, 0.29) is 6.29 Å². The second-order valence-corrected chi connectivity index (χ2v) is 3.78. The molecular weight excluding hydrogens is 216 g/mol. The Morgan fingerprint density at radius 3 is 2.60 bits per heavy atom. The second kappa shape index (κ2) is 4.39. The SMILES string of the molecule is COc1c(C2OCCO2)ccc(Cl)c1C. The topological polar surface area (TPSA) is 27.7 Å². The normalized spacial score (nSPS) is 17.0. The highest BCUT2D eigenvalue weighted by atomic mass is 35.5. The van der Waals surface area contributed by atoms with Crippen molar-refractivity contribution < 1.29 is 14.2 Å². The molecule has 1 heterocycles. The van der Waals surface area contributed by atoms with Crippen LogP contribution in [0.15, 0.2) is 12.1 Å². The molecule has 0 aliphatic carbocycles. The highest BCUT2D eigenvalue weighted by Crippen LogP contribution is 2.36. The summed E-state index contributed by atoms with van der Waals surface area (Å²) in [6.07, 6.45) is -0.323. The number of hydrogen-bond donors (Lipinski definition) is 0. The van der Waals surface area contributed by atoms with Gasteiger partial charge in [0.05, 0.1) is 25.9 Å². The summed E-state index contributed by atoms with van der Waals surface area (Å²) in [7, 11) is 1.62. The molecule has 3 nitrogen and oxygen atoms in total. The van der Waals surface area contributed by atoms with Crippen LogP contribution in [0.4, 0.5) is 0 Å². The maximum absolute atomic E-state index is 6.01. The van der Waals surface area contributed by atoms with Crippen LogP contribution in [0.2, 0.25) is 5.02 Å². The Bertz CT molecular complexity index is 359. The van der Waals surface area contributed by atoms with Gasteiger partial charge in [-0.15, -0.1) is 0 Å². The van der Waals surface area contributed by atoms with Crippen molar-refractivity contribution in [3.63, 3.8) is 0 Å². The van der Waals surface area contributed by atoms with Gasteiger partial charge in [0.15, 0.2) is 6.29 Å². The lowest BCUT2D eigenvalue weighted by Crippen LogP contribution is -2.02. The molecule has 15 heavy (non-hydrogen) atoms. The molecule has 0 bridgehead atoms. The van der Waals surface area contributed by atoms with Crippen LogP contribution in [-0.4, -0.2) is 20.3 Å². The molecule has 0 N–H and O–H groups in total. The number of methoxy groups -OCH3 is 1. The zero-order valence-electron chi connectivity index (χ0n) is 8.75. The van der Waals surface area contributed by atoms with Gasteiger partial charge in [0, 0.05) is 10.6 Å². The summed E-state index contributed by atoms with van der Waals surface area (Å²) in [5.74, 6) is 0.745. The van der Waals surface area contributed by atoms with Crippen molar-refractivity contribution >= 4 is 11.6 Å².